The van der Waals surface area contributed by atoms with Gasteiger partial charge in [-0.3, -0.25) is 14.7 Å². The summed E-state index contributed by atoms with van der Waals surface area (Å²) in [5.41, 5.74) is 0.249. The van der Waals surface area contributed by atoms with E-state index in [1.165, 1.54) is 0 Å². The number of hydrogen-bond acceptors (Lipinski definition) is 5. The summed E-state index contributed by atoms with van der Waals surface area (Å²) in [5.74, 6) is -1.70. The maximum atomic E-state index is 13.6. The van der Waals surface area contributed by atoms with Gasteiger partial charge in [0.15, 0.2) is 0 Å². The molecule has 180 valence electrons. The van der Waals surface area contributed by atoms with Gasteiger partial charge in [0.25, 0.3) is 5.91 Å². The number of amides is 2. The monoisotopic (exact) mass is 608 g/mol. The molecule has 0 aliphatic rings. The zero-order valence-corrected chi connectivity index (χ0v) is 19.0. The minimum Gasteiger partial charge on any atom is -0.444 e. The fourth-order valence-electron chi connectivity index (χ4n) is 2.35. The van der Waals surface area contributed by atoms with E-state index >= 15 is 0 Å². The third-order valence-electron chi connectivity index (χ3n) is 3.96. The van der Waals surface area contributed by atoms with Crippen molar-refractivity contribution in [3.63, 3.8) is 0 Å². The normalized spacial score (nSPS) is 13.2. The van der Waals surface area contributed by atoms with Crippen LogP contribution in [0.3, 0.4) is 0 Å². The van der Waals surface area contributed by atoms with E-state index in [2.05, 4.69) is 5.32 Å². The van der Waals surface area contributed by atoms with E-state index in [1.807, 2.05) is 0 Å². The number of ether oxygens (including phenoxy) is 1. The van der Waals surface area contributed by atoms with E-state index in [0.717, 1.165) is 23.5 Å². The standard InChI is InChI=1S/C18H14F5IN2O6S/c19-17(20,21)15(18(22,23)33(29,30)31)26-14(27)11-6-7-13(12(24)8-11)25-16(28)32-9-10-4-2-1-3-5-10/h1-8,15H,9H2,(H,25,28)(H,26,27)(H,29,30,31). The lowest BCUT2D eigenvalue weighted by atomic mass is 10.1. The number of anilines is 1. The number of rotatable bonds is 7. The van der Waals surface area contributed by atoms with Crippen molar-refractivity contribution in [2.45, 2.75) is 24.1 Å². The molecule has 3 N–H and O–H groups in total. The van der Waals surface area contributed by atoms with Gasteiger partial charge < -0.3 is 10.1 Å². The molecule has 0 aliphatic carbocycles. The van der Waals surface area contributed by atoms with Crippen LogP contribution in [0.25, 0.3) is 0 Å². The van der Waals surface area contributed by atoms with Crippen molar-refractivity contribution in [1.29, 1.82) is 0 Å². The van der Waals surface area contributed by atoms with Crippen LogP contribution in [0.2, 0.25) is 0 Å². The SMILES string of the molecule is O=C(Nc1ccc(C(=O)NC(C(F)(F)F)C(F)(F)S(=O)(=O)O)cc1I)OCc1ccccc1. The molecule has 33 heavy (non-hydrogen) atoms. The van der Waals surface area contributed by atoms with Crippen molar-refractivity contribution in [2.24, 2.45) is 0 Å². The first kappa shape index (κ1) is 26.7. The van der Waals surface area contributed by atoms with Crippen LogP contribution < -0.4 is 10.6 Å². The molecule has 15 heteroatoms. The Bertz CT molecular complexity index is 1130. The Morgan fingerprint density at radius 3 is 2.18 bits per heavy atom. The highest BCUT2D eigenvalue weighted by Crippen LogP contribution is 2.36. The molecule has 1 atom stereocenters. The predicted molar refractivity (Wildman–Crippen MR) is 113 cm³/mol. The summed E-state index contributed by atoms with van der Waals surface area (Å²) < 4.78 is 101. The van der Waals surface area contributed by atoms with Crippen molar-refractivity contribution >= 4 is 50.4 Å². The molecule has 2 aromatic carbocycles. The van der Waals surface area contributed by atoms with Crippen LogP contribution in [0.15, 0.2) is 48.5 Å². The number of nitrogens with one attached hydrogen (secondary N) is 2. The number of hydrogen-bond donors (Lipinski definition) is 3. The highest BCUT2D eigenvalue weighted by molar-refractivity contribution is 14.1. The Labute approximate surface area is 197 Å². The van der Waals surface area contributed by atoms with Crippen molar-refractivity contribution in [2.75, 3.05) is 5.32 Å². The molecule has 0 saturated heterocycles. The minimum absolute atomic E-state index is 0.0510. The van der Waals surface area contributed by atoms with E-state index < -0.39 is 45.2 Å². The molecular weight excluding hydrogens is 594 g/mol. The van der Waals surface area contributed by atoms with Gasteiger partial charge in [-0.1, -0.05) is 30.3 Å². The van der Waals surface area contributed by atoms with E-state index in [1.54, 1.807) is 52.9 Å². The van der Waals surface area contributed by atoms with Crippen molar-refractivity contribution < 1.29 is 49.2 Å². The molecule has 0 radical (unpaired) electrons. The van der Waals surface area contributed by atoms with Crippen molar-refractivity contribution in [1.82, 2.24) is 5.32 Å². The fourth-order valence-corrected chi connectivity index (χ4v) is 3.49. The van der Waals surface area contributed by atoms with E-state index in [-0.39, 0.29) is 15.9 Å². The minimum atomic E-state index is -6.50. The molecular formula is C18H14F5IN2O6S. The molecule has 0 bridgehead atoms. The first-order valence-electron chi connectivity index (χ1n) is 8.62. The van der Waals surface area contributed by atoms with E-state index in [0.29, 0.717) is 5.56 Å². The molecule has 8 nitrogen and oxygen atoms in total. The maximum absolute atomic E-state index is 13.6. The Morgan fingerprint density at radius 2 is 1.67 bits per heavy atom. The molecule has 2 amide bonds. The second-order valence-corrected chi connectivity index (χ2v) is 9.02. The lowest BCUT2D eigenvalue weighted by Gasteiger charge is -2.27. The first-order chi connectivity index (χ1) is 15.1. The molecule has 0 spiro atoms. The Morgan fingerprint density at radius 1 is 1.06 bits per heavy atom. The Balaban J connectivity index is 2.12. The van der Waals surface area contributed by atoms with Gasteiger partial charge in [0.2, 0.25) is 6.04 Å². The van der Waals surface area contributed by atoms with E-state index in [9.17, 15) is 40.0 Å². The van der Waals surface area contributed by atoms with Gasteiger partial charge in [0.1, 0.15) is 6.61 Å². The zero-order chi connectivity index (χ0) is 25.0. The van der Waals surface area contributed by atoms with Crippen LogP contribution in [0.5, 0.6) is 0 Å². The summed E-state index contributed by atoms with van der Waals surface area (Å²) in [6.45, 7) is -0.0510. The number of carbonyl (C=O) groups is 2. The molecule has 0 heterocycles. The Kier molecular flexibility index (Phi) is 8.23. The predicted octanol–water partition coefficient (Wildman–Crippen LogP) is 4.18. The van der Waals surface area contributed by atoms with Gasteiger partial charge in [-0.25, -0.2) is 4.79 Å². The van der Waals surface area contributed by atoms with Gasteiger partial charge in [-0.05, 0) is 46.4 Å². The highest BCUT2D eigenvalue weighted by atomic mass is 127. The molecule has 0 aromatic heterocycles. The summed E-state index contributed by atoms with van der Waals surface area (Å²) in [5, 5.41) is -2.52. The maximum Gasteiger partial charge on any atom is 0.415 e. The topological polar surface area (TPSA) is 122 Å². The molecule has 0 aliphatic heterocycles. The van der Waals surface area contributed by atoms with E-state index in [4.69, 9.17) is 9.29 Å². The van der Waals surface area contributed by atoms with Crippen LogP contribution in [0.4, 0.5) is 32.4 Å². The van der Waals surface area contributed by atoms with Gasteiger partial charge in [0.05, 0.1) is 5.69 Å². The van der Waals surface area contributed by atoms with Crippen LogP contribution in [-0.2, 0) is 21.5 Å². The lowest BCUT2D eigenvalue weighted by Crippen LogP contribution is -2.59. The van der Waals surface area contributed by atoms with Crippen molar-refractivity contribution in [3.05, 3.63) is 63.2 Å². The number of carbonyl (C=O) groups excluding carboxylic acids is 2. The lowest BCUT2D eigenvalue weighted by molar-refractivity contribution is -0.191. The molecule has 0 saturated carbocycles. The van der Waals surface area contributed by atoms with Crippen LogP contribution in [0, 0.1) is 3.57 Å². The number of alkyl halides is 5. The quantitative estimate of drug-likeness (QED) is 0.247. The summed E-state index contributed by atoms with van der Waals surface area (Å²) >= 11 is 1.62. The molecule has 1 unspecified atom stereocenters. The van der Waals surface area contributed by atoms with Crippen molar-refractivity contribution in [3.8, 4) is 0 Å². The van der Waals surface area contributed by atoms with Gasteiger partial charge in [0, 0.05) is 9.13 Å². The summed E-state index contributed by atoms with van der Waals surface area (Å²) in [7, 11) is -6.50. The van der Waals surface area contributed by atoms with Crippen LogP contribution in [0.1, 0.15) is 15.9 Å². The van der Waals surface area contributed by atoms with Gasteiger partial charge >= 0.3 is 27.6 Å². The number of benzene rings is 2. The van der Waals surface area contributed by atoms with Crippen LogP contribution >= 0.6 is 22.6 Å². The first-order valence-corrected chi connectivity index (χ1v) is 11.1. The molecule has 0 fully saturated rings. The Hall–Kier alpha value is -2.53. The largest absolute Gasteiger partial charge is 0.444 e. The van der Waals surface area contributed by atoms with Gasteiger partial charge in [-0.2, -0.15) is 30.4 Å². The second-order valence-electron chi connectivity index (χ2n) is 6.37. The average Bonchev–Trinajstić information content (AvgIpc) is 2.70. The van der Waals surface area contributed by atoms with Gasteiger partial charge in [-0.15, -0.1) is 0 Å². The molecule has 2 rings (SSSR count). The summed E-state index contributed by atoms with van der Waals surface area (Å²) in [6.07, 6.45) is -6.79. The third-order valence-corrected chi connectivity index (χ3v) is 5.78. The highest BCUT2D eigenvalue weighted by Gasteiger charge is 2.64. The molecule has 2 aromatic rings. The third kappa shape index (κ3) is 6.97. The average molecular weight is 608 g/mol. The smallest absolute Gasteiger partial charge is 0.415 e. The summed E-state index contributed by atoms with van der Waals surface area (Å²) in [6, 6.07) is 7.42. The summed E-state index contributed by atoms with van der Waals surface area (Å²) in [4.78, 5) is 24.0. The zero-order valence-electron chi connectivity index (χ0n) is 16.1. The fraction of sp³-hybridized carbons (Fsp3) is 0.222. The second kappa shape index (κ2) is 10.2. The number of halogens is 6. The van der Waals surface area contributed by atoms with Crippen LogP contribution in [-0.4, -0.2) is 42.4 Å².